The Hall–Kier alpha value is -3.08. The van der Waals surface area contributed by atoms with E-state index in [4.69, 9.17) is 4.74 Å². The highest BCUT2D eigenvalue weighted by Gasteiger charge is 2.44. The summed E-state index contributed by atoms with van der Waals surface area (Å²) in [7, 11) is 1.63. The van der Waals surface area contributed by atoms with Crippen LogP contribution in [0.4, 0.5) is 0 Å². The molecule has 1 N–H and O–H groups in total. The van der Waals surface area contributed by atoms with Crippen LogP contribution in [0.5, 0.6) is 5.75 Å². The number of amides is 1. The molecule has 0 unspecified atom stereocenters. The molecule has 1 saturated carbocycles. The first-order valence-corrected chi connectivity index (χ1v) is 9.16. The summed E-state index contributed by atoms with van der Waals surface area (Å²) in [5.41, 5.74) is 3.70. The number of hydrogen-bond acceptors (Lipinski definition) is 3. The maximum Gasteiger partial charge on any atom is 0.271 e. The zero-order valence-corrected chi connectivity index (χ0v) is 15.6. The quantitative estimate of drug-likeness (QED) is 0.729. The molecular weight excluding hydrogens is 338 g/mol. The topological polar surface area (TPSA) is 56.1 Å². The first kappa shape index (κ1) is 17.3. The van der Waals surface area contributed by atoms with Gasteiger partial charge in [-0.3, -0.25) is 4.79 Å². The van der Waals surface area contributed by atoms with Gasteiger partial charge in [0.1, 0.15) is 11.4 Å². The lowest BCUT2D eigenvalue weighted by Crippen LogP contribution is -2.32. The van der Waals surface area contributed by atoms with Crippen LogP contribution in [0.25, 0.3) is 5.69 Å². The molecule has 5 heteroatoms. The van der Waals surface area contributed by atoms with E-state index in [0.717, 1.165) is 29.8 Å². The minimum Gasteiger partial charge on any atom is -0.494 e. The maximum atomic E-state index is 12.6. The molecule has 1 heterocycles. The van der Waals surface area contributed by atoms with E-state index in [-0.39, 0.29) is 11.3 Å². The van der Waals surface area contributed by atoms with Gasteiger partial charge in [0.15, 0.2) is 5.69 Å². The predicted molar refractivity (Wildman–Crippen MR) is 105 cm³/mol. The normalized spacial score (nSPS) is 14.6. The Morgan fingerprint density at radius 2 is 1.96 bits per heavy atom. The van der Waals surface area contributed by atoms with Crippen LogP contribution in [0.1, 0.15) is 34.5 Å². The van der Waals surface area contributed by atoms with Crippen LogP contribution in [-0.4, -0.2) is 29.3 Å². The molecule has 0 saturated heterocycles. The fourth-order valence-electron chi connectivity index (χ4n) is 3.41. The summed E-state index contributed by atoms with van der Waals surface area (Å²) in [4.78, 5) is 12.6. The maximum absolute atomic E-state index is 12.6. The van der Waals surface area contributed by atoms with Crippen LogP contribution in [-0.2, 0) is 5.41 Å². The number of ether oxygens (including phenoxy) is 1. The smallest absolute Gasteiger partial charge is 0.271 e. The third-order valence-electron chi connectivity index (χ3n) is 5.23. The van der Waals surface area contributed by atoms with Crippen LogP contribution in [0.2, 0.25) is 0 Å². The van der Waals surface area contributed by atoms with E-state index >= 15 is 0 Å². The largest absolute Gasteiger partial charge is 0.494 e. The number of carbonyl (C=O) groups excluding carboxylic acids is 1. The average molecular weight is 361 g/mol. The summed E-state index contributed by atoms with van der Waals surface area (Å²) < 4.78 is 7.10. The lowest BCUT2D eigenvalue weighted by atomic mass is 9.96. The van der Waals surface area contributed by atoms with Gasteiger partial charge in [-0.1, -0.05) is 36.4 Å². The third kappa shape index (κ3) is 3.45. The molecule has 4 rings (SSSR count). The number of aryl methyl sites for hydroxylation is 1. The summed E-state index contributed by atoms with van der Waals surface area (Å²) in [6.45, 7) is 2.65. The molecule has 0 atom stereocenters. The van der Waals surface area contributed by atoms with Crippen molar-refractivity contribution in [3.63, 3.8) is 0 Å². The summed E-state index contributed by atoms with van der Waals surface area (Å²) >= 11 is 0. The van der Waals surface area contributed by atoms with Crippen LogP contribution >= 0.6 is 0 Å². The monoisotopic (exact) mass is 361 g/mol. The zero-order chi connectivity index (χ0) is 18.9. The number of aromatic nitrogens is 2. The fraction of sp³-hybridized carbons (Fsp3) is 0.273. The Bertz CT molecular complexity index is 959. The van der Waals surface area contributed by atoms with Gasteiger partial charge in [-0.25, -0.2) is 4.68 Å². The Kier molecular flexibility index (Phi) is 4.44. The van der Waals surface area contributed by atoms with Crippen LogP contribution in [0, 0.1) is 6.92 Å². The number of methoxy groups -OCH3 is 1. The first-order chi connectivity index (χ1) is 13.1. The lowest BCUT2D eigenvalue weighted by Gasteiger charge is -2.16. The van der Waals surface area contributed by atoms with Crippen molar-refractivity contribution in [1.82, 2.24) is 15.1 Å². The fourth-order valence-corrected chi connectivity index (χ4v) is 3.41. The van der Waals surface area contributed by atoms with E-state index in [1.165, 1.54) is 5.56 Å². The molecule has 2 aromatic carbocycles. The van der Waals surface area contributed by atoms with Crippen molar-refractivity contribution in [2.24, 2.45) is 0 Å². The Labute approximate surface area is 159 Å². The van der Waals surface area contributed by atoms with Crippen molar-refractivity contribution in [1.29, 1.82) is 0 Å². The SMILES string of the molecule is COc1ccc(C)cc1-n1ccc(C(=O)NCC2(c3ccccc3)CC2)n1. The van der Waals surface area contributed by atoms with E-state index in [2.05, 4.69) is 22.5 Å². The predicted octanol–water partition coefficient (Wildman–Crippen LogP) is 3.65. The van der Waals surface area contributed by atoms with Crippen molar-refractivity contribution >= 4 is 5.91 Å². The summed E-state index contributed by atoms with van der Waals surface area (Å²) in [5.74, 6) is 0.569. The van der Waals surface area contributed by atoms with E-state index in [9.17, 15) is 4.79 Å². The molecule has 5 nitrogen and oxygen atoms in total. The molecule has 3 aromatic rings. The molecular formula is C22H23N3O2. The van der Waals surface area contributed by atoms with Gasteiger partial charge in [0, 0.05) is 18.2 Å². The molecule has 1 aromatic heterocycles. The van der Waals surface area contributed by atoms with E-state index in [0.29, 0.717) is 12.2 Å². The number of carbonyl (C=O) groups is 1. The first-order valence-electron chi connectivity index (χ1n) is 9.16. The van der Waals surface area contributed by atoms with Crippen molar-refractivity contribution in [2.45, 2.75) is 25.2 Å². The average Bonchev–Trinajstić information content (AvgIpc) is 3.34. The van der Waals surface area contributed by atoms with Gasteiger partial charge >= 0.3 is 0 Å². The molecule has 1 aliphatic carbocycles. The minimum absolute atomic E-state index is 0.0826. The van der Waals surface area contributed by atoms with E-state index in [1.54, 1.807) is 24.1 Å². The van der Waals surface area contributed by atoms with Crippen molar-refractivity contribution in [3.05, 3.63) is 77.6 Å². The second-order valence-electron chi connectivity index (χ2n) is 7.15. The number of nitrogens with zero attached hydrogens (tertiary/aromatic N) is 2. The minimum atomic E-state index is -0.150. The Morgan fingerprint density at radius 3 is 2.67 bits per heavy atom. The van der Waals surface area contributed by atoms with Crippen LogP contribution < -0.4 is 10.1 Å². The second kappa shape index (κ2) is 6.91. The molecule has 1 aliphatic rings. The Balaban J connectivity index is 1.48. The van der Waals surface area contributed by atoms with Crippen molar-refractivity contribution < 1.29 is 9.53 Å². The summed E-state index contributed by atoms with van der Waals surface area (Å²) in [6, 6.07) is 18.0. The van der Waals surface area contributed by atoms with Gasteiger partial charge in [0.05, 0.1) is 7.11 Å². The molecule has 1 fully saturated rings. The van der Waals surface area contributed by atoms with Gasteiger partial charge in [-0.2, -0.15) is 5.10 Å². The molecule has 138 valence electrons. The van der Waals surface area contributed by atoms with Crippen molar-refractivity contribution in [3.8, 4) is 11.4 Å². The van der Waals surface area contributed by atoms with Gasteiger partial charge in [0.25, 0.3) is 5.91 Å². The van der Waals surface area contributed by atoms with Gasteiger partial charge in [-0.15, -0.1) is 0 Å². The number of nitrogens with one attached hydrogen (secondary N) is 1. The van der Waals surface area contributed by atoms with Gasteiger partial charge < -0.3 is 10.1 Å². The highest BCUT2D eigenvalue weighted by Crippen LogP contribution is 2.47. The van der Waals surface area contributed by atoms with Crippen LogP contribution in [0.3, 0.4) is 0 Å². The second-order valence-corrected chi connectivity index (χ2v) is 7.15. The highest BCUT2D eigenvalue weighted by molar-refractivity contribution is 5.92. The third-order valence-corrected chi connectivity index (χ3v) is 5.23. The van der Waals surface area contributed by atoms with Gasteiger partial charge in [-0.05, 0) is 49.1 Å². The summed E-state index contributed by atoms with van der Waals surface area (Å²) in [5, 5.41) is 7.51. The Morgan fingerprint density at radius 1 is 1.19 bits per heavy atom. The van der Waals surface area contributed by atoms with Crippen molar-refractivity contribution in [2.75, 3.05) is 13.7 Å². The zero-order valence-electron chi connectivity index (χ0n) is 15.6. The highest BCUT2D eigenvalue weighted by atomic mass is 16.5. The standard InChI is InChI=1S/C22H23N3O2/c1-16-8-9-20(27-2)19(14-16)25-13-10-18(24-25)21(26)23-15-22(11-12-22)17-6-4-3-5-7-17/h3-10,13-14H,11-12,15H2,1-2H3,(H,23,26). The molecule has 0 aliphatic heterocycles. The van der Waals surface area contributed by atoms with Gasteiger partial charge in [0.2, 0.25) is 0 Å². The number of hydrogen-bond donors (Lipinski definition) is 1. The number of rotatable bonds is 6. The van der Waals surface area contributed by atoms with E-state index < -0.39 is 0 Å². The molecule has 0 bridgehead atoms. The molecule has 0 spiro atoms. The molecule has 0 radical (unpaired) electrons. The van der Waals surface area contributed by atoms with Crippen LogP contribution in [0.15, 0.2) is 60.8 Å². The number of benzene rings is 2. The van der Waals surface area contributed by atoms with E-state index in [1.807, 2.05) is 43.3 Å². The lowest BCUT2D eigenvalue weighted by molar-refractivity contribution is 0.0944. The summed E-state index contributed by atoms with van der Waals surface area (Å²) in [6.07, 6.45) is 3.99. The molecule has 27 heavy (non-hydrogen) atoms. The molecule has 1 amide bonds.